The van der Waals surface area contributed by atoms with Crippen LogP contribution in [0.3, 0.4) is 0 Å². The first-order valence-corrected chi connectivity index (χ1v) is 7.08. The van der Waals surface area contributed by atoms with Crippen molar-refractivity contribution in [2.75, 3.05) is 39.5 Å². The Bertz CT molecular complexity index is 244. The second-order valence-corrected chi connectivity index (χ2v) is 5.53. The zero-order valence-corrected chi connectivity index (χ0v) is 10.6. The van der Waals surface area contributed by atoms with Gasteiger partial charge in [0.25, 0.3) is 0 Å². The van der Waals surface area contributed by atoms with E-state index in [1.54, 1.807) is 0 Å². The molecule has 0 aromatic carbocycles. The predicted molar refractivity (Wildman–Crippen MR) is 66.2 cm³/mol. The smallest absolute Gasteiger partial charge is 0.0933 e. The lowest BCUT2D eigenvalue weighted by atomic mass is 9.97. The zero-order valence-electron chi connectivity index (χ0n) is 10.6. The molecule has 3 aliphatic heterocycles. The predicted octanol–water partition coefficient (Wildman–Crippen LogP) is 0.618. The summed E-state index contributed by atoms with van der Waals surface area (Å²) in [6.07, 6.45) is 5.70. The molecule has 0 aliphatic carbocycles. The zero-order chi connectivity index (χ0) is 11.5. The summed E-state index contributed by atoms with van der Waals surface area (Å²) >= 11 is 0. The molecule has 0 saturated carbocycles. The fraction of sp³-hybridized carbons (Fsp3) is 1.00. The molecule has 4 nitrogen and oxygen atoms in total. The van der Waals surface area contributed by atoms with E-state index in [4.69, 9.17) is 9.47 Å². The monoisotopic (exact) mass is 240 g/mol. The van der Waals surface area contributed by atoms with Crippen LogP contribution >= 0.6 is 0 Å². The highest BCUT2D eigenvalue weighted by molar-refractivity contribution is 4.89. The summed E-state index contributed by atoms with van der Waals surface area (Å²) in [5.41, 5.74) is 0. The number of ether oxygens (including phenoxy) is 2. The van der Waals surface area contributed by atoms with E-state index in [1.807, 2.05) is 0 Å². The normalized spacial score (nSPS) is 39.2. The molecule has 1 N–H and O–H groups in total. The lowest BCUT2D eigenvalue weighted by molar-refractivity contribution is -0.0875. The molecule has 0 radical (unpaired) electrons. The van der Waals surface area contributed by atoms with Gasteiger partial charge >= 0.3 is 0 Å². The Labute approximate surface area is 104 Å². The van der Waals surface area contributed by atoms with Gasteiger partial charge in [0.2, 0.25) is 0 Å². The van der Waals surface area contributed by atoms with Crippen LogP contribution in [0.25, 0.3) is 0 Å². The van der Waals surface area contributed by atoms with Crippen LogP contribution in [0.15, 0.2) is 0 Å². The molecule has 0 amide bonds. The molecular weight excluding hydrogens is 216 g/mol. The number of hydrogen-bond donors (Lipinski definition) is 1. The van der Waals surface area contributed by atoms with Crippen LogP contribution < -0.4 is 5.32 Å². The third-order valence-electron chi connectivity index (χ3n) is 4.34. The Hall–Kier alpha value is -0.160. The van der Waals surface area contributed by atoms with Gasteiger partial charge in [0.15, 0.2) is 0 Å². The van der Waals surface area contributed by atoms with Crippen LogP contribution in [-0.4, -0.2) is 62.5 Å². The van der Waals surface area contributed by atoms with Gasteiger partial charge in [-0.15, -0.1) is 0 Å². The molecule has 3 atom stereocenters. The highest BCUT2D eigenvalue weighted by Crippen LogP contribution is 2.26. The highest BCUT2D eigenvalue weighted by Gasteiger charge is 2.31. The van der Waals surface area contributed by atoms with E-state index in [2.05, 4.69) is 10.2 Å². The van der Waals surface area contributed by atoms with Crippen LogP contribution in [0, 0.1) is 0 Å². The Morgan fingerprint density at radius 3 is 3.06 bits per heavy atom. The molecule has 0 spiro atoms. The Morgan fingerprint density at radius 2 is 2.18 bits per heavy atom. The molecule has 3 heterocycles. The second-order valence-electron chi connectivity index (χ2n) is 5.53. The van der Waals surface area contributed by atoms with Crippen molar-refractivity contribution in [3.8, 4) is 0 Å². The fourth-order valence-corrected chi connectivity index (χ4v) is 3.36. The number of hydrogen-bond acceptors (Lipinski definition) is 4. The van der Waals surface area contributed by atoms with E-state index in [0.717, 1.165) is 32.4 Å². The molecular formula is C13H24N2O2. The third-order valence-corrected chi connectivity index (χ3v) is 4.34. The molecule has 0 aromatic heterocycles. The second kappa shape index (κ2) is 5.65. The Morgan fingerprint density at radius 1 is 1.18 bits per heavy atom. The Kier molecular flexibility index (Phi) is 3.96. The molecule has 4 heteroatoms. The van der Waals surface area contributed by atoms with Gasteiger partial charge in [0.05, 0.1) is 25.9 Å². The van der Waals surface area contributed by atoms with E-state index in [-0.39, 0.29) is 6.10 Å². The van der Waals surface area contributed by atoms with Crippen LogP contribution in [0.1, 0.15) is 25.7 Å². The first kappa shape index (κ1) is 11.9. The van der Waals surface area contributed by atoms with Crippen LogP contribution in [0.2, 0.25) is 0 Å². The van der Waals surface area contributed by atoms with Crippen LogP contribution in [0.5, 0.6) is 0 Å². The summed E-state index contributed by atoms with van der Waals surface area (Å²) in [5, 5.41) is 3.67. The first-order valence-electron chi connectivity index (χ1n) is 7.08. The summed E-state index contributed by atoms with van der Waals surface area (Å²) in [6.45, 7) is 5.85. The Balaban J connectivity index is 1.40. The van der Waals surface area contributed by atoms with Crippen molar-refractivity contribution in [2.24, 2.45) is 0 Å². The highest BCUT2D eigenvalue weighted by atomic mass is 16.6. The molecule has 3 saturated heterocycles. The van der Waals surface area contributed by atoms with Gasteiger partial charge < -0.3 is 19.7 Å². The van der Waals surface area contributed by atoms with Crippen molar-refractivity contribution in [2.45, 2.75) is 43.9 Å². The van der Waals surface area contributed by atoms with E-state index < -0.39 is 0 Å². The molecule has 98 valence electrons. The molecule has 0 bridgehead atoms. The standard InChI is InChI=1S/C13H24N2O2/c1-2-12-8-11(3-5-15(12)4-1)14-9-13-10-16-6-7-17-13/h11-14H,1-10H2. The third kappa shape index (κ3) is 2.99. The number of nitrogens with one attached hydrogen (secondary N) is 1. The number of rotatable bonds is 3. The van der Waals surface area contributed by atoms with E-state index in [0.29, 0.717) is 6.04 Å². The summed E-state index contributed by atoms with van der Waals surface area (Å²) in [6, 6.07) is 1.55. The number of nitrogens with zero attached hydrogens (tertiary/aromatic N) is 1. The molecule has 0 aromatic rings. The topological polar surface area (TPSA) is 33.7 Å². The quantitative estimate of drug-likeness (QED) is 0.784. The summed E-state index contributed by atoms with van der Waals surface area (Å²) < 4.78 is 11.1. The van der Waals surface area contributed by atoms with E-state index in [1.165, 1.54) is 38.8 Å². The van der Waals surface area contributed by atoms with Crippen molar-refractivity contribution in [3.05, 3.63) is 0 Å². The molecule has 3 rings (SSSR count). The maximum absolute atomic E-state index is 5.66. The lowest BCUT2D eigenvalue weighted by Gasteiger charge is -2.36. The van der Waals surface area contributed by atoms with Gasteiger partial charge in [0.1, 0.15) is 0 Å². The molecule has 3 unspecified atom stereocenters. The average Bonchev–Trinajstić information content (AvgIpc) is 2.85. The average molecular weight is 240 g/mol. The summed E-state index contributed by atoms with van der Waals surface area (Å²) in [5.74, 6) is 0. The van der Waals surface area contributed by atoms with Crippen molar-refractivity contribution >= 4 is 0 Å². The van der Waals surface area contributed by atoms with Gasteiger partial charge in [-0.1, -0.05) is 0 Å². The van der Waals surface area contributed by atoms with Gasteiger partial charge in [-0.3, -0.25) is 0 Å². The van der Waals surface area contributed by atoms with Gasteiger partial charge in [-0.05, 0) is 38.8 Å². The molecule has 3 fully saturated rings. The van der Waals surface area contributed by atoms with E-state index in [9.17, 15) is 0 Å². The van der Waals surface area contributed by atoms with Crippen molar-refractivity contribution < 1.29 is 9.47 Å². The van der Waals surface area contributed by atoms with Crippen molar-refractivity contribution in [1.29, 1.82) is 0 Å². The fourth-order valence-electron chi connectivity index (χ4n) is 3.36. The maximum Gasteiger partial charge on any atom is 0.0933 e. The number of piperidine rings is 1. The summed E-state index contributed by atoms with van der Waals surface area (Å²) in [7, 11) is 0. The van der Waals surface area contributed by atoms with Gasteiger partial charge in [0, 0.05) is 18.6 Å². The van der Waals surface area contributed by atoms with Gasteiger partial charge in [-0.25, -0.2) is 0 Å². The SMILES string of the molecule is C1CC2CC(NCC3COCCO3)CCN2C1. The maximum atomic E-state index is 5.66. The van der Waals surface area contributed by atoms with Gasteiger partial charge in [-0.2, -0.15) is 0 Å². The molecule has 17 heavy (non-hydrogen) atoms. The largest absolute Gasteiger partial charge is 0.376 e. The summed E-state index contributed by atoms with van der Waals surface area (Å²) in [4.78, 5) is 2.67. The first-order chi connectivity index (χ1) is 8.42. The minimum Gasteiger partial charge on any atom is -0.376 e. The minimum atomic E-state index is 0.269. The van der Waals surface area contributed by atoms with Crippen LogP contribution in [0.4, 0.5) is 0 Å². The van der Waals surface area contributed by atoms with Crippen LogP contribution in [-0.2, 0) is 9.47 Å². The molecule has 3 aliphatic rings. The van der Waals surface area contributed by atoms with Crippen molar-refractivity contribution in [3.63, 3.8) is 0 Å². The lowest BCUT2D eigenvalue weighted by Crippen LogP contribution is -2.48. The van der Waals surface area contributed by atoms with E-state index >= 15 is 0 Å². The minimum absolute atomic E-state index is 0.269. The van der Waals surface area contributed by atoms with Crippen molar-refractivity contribution in [1.82, 2.24) is 10.2 Å². The number of fused-ring (bicyclic) bond motifs is 1.